The molecule has 90 valence electrons. The highest BCUT2D eigenvalue weighted by Gasteiger charge is 2.27. The summed E-state index contributed by atoms with van der Waals surface area (Å²) in [7, 11) is 0. The molecule has 0 amide bonds. The number of hydrogen-bond acceptors (Lipinski definition) is 2. The van der Waals surface area contributed by atoms with Crippen molar-refractivity contribution in [2.45, 2.75) is 31.6 Å². The zero-order chi connectivity index (χ0) is 11.9. The molecule has 0 aliphatic carbocycles. The molecule has 1 nitrogen and oxygen atoms in total. The number of rotatable bonds is 7. The standard InChI is InChI=1S/C14H23NS/c1-3-14(12-15,10-7-11-16-2)13-8-5-4-6-9-13/h4-6,8-9H,3,7,10-12,15H2,1-2H3. The van der Waals surface area contributed by atoms with Gasteiger partial charge in [0.1, 0.15) is 0 Å². The Bertz CT molecular complexity index is 280. The highest BCUT2D eigenvalue weighted by Crippen LogP contribution is 2.32. The molecular formula is C14H23NS. The van der Waals surface area contributed by atoms with Gasteiger partial charge < -0.3 is 5.73 Å². The fourth-order valence-corrected chi connectivity index (χ4v) is 2.67. The van der Waals surface area contributed by atoms with Gasteiger partial charge in [0.25, 0.3) is 0 Å². The van der Waals surface area contributed by atoms with Crippen molar-refractivity contribution < 1.29 is 0 Å². The lowest BCUT2D eigenvalue weighted by molar-refractivity contribution is 0.386. The first-order valence-corrected chi connectivity index (χ1v) is 7.43. The Labute approximate surface area is 104 Å². The van der Waals surface area contributed by atoms with E-state index in [-0.39, 0.29) is 5.41 Å². The lowest BCUT2D eigenvalue weighted by Gasteiger charge is -2.32. The van der Waals surface area contributed by atoms with Crippen LogP contribution in [0.25, 0.3) is 0 Å². The fourth-order valence-electron chi connectivity index (χ4n) is 2.24. The largest absolute Gasteiger partial charge is 0.330 e. The van der Waals surface area contributed by atoms with E-state index in [1.54, 1.807) is 0 Å². The summed E-state index contributed by atoms with van der Waals surface area (Å²) in [5.41, 5.74) is 7.62. The molecule has 0 saturated carbocycles. The molecule has 0 radical (unpaired) electrons. The normalized spacial score (nSPS) is 14.7. The molecule has 0 bridgehead atoms. The first-order valence-electron chi connectivity index (χ1n) is 6.03. The van der Waals surface area contributed by atoms with Gasteiger partial charge in [0.05, 0.1) is 0 Å². The van der Waals surface area contributed by atoms with Crippen molar-refractivity contribution in [2.75, 3.05) is 18.6 Å². The molecule has 1 unspecified atom stereocenters. The average Bonchev–Trinajstić information content (AvgIpc) is 2.36. The van der Waals surface area contributed by atoms with E-state index in [2.05, 4.69) is 43.5 Å². The first-order chi connectivity index (χ1) is 7.79. The van der Waals surface area contributed by atoms with Gasteiger partial charge in [-0.1, -0.05) is 37.3 Å². The summed E-state index contributed by atoms with van der Waals surface area (Å²) in [6.45, 7) is 3.00. The lowest BCUT2D eigenvalue weighted by atomic mass is 9.75. The van der Waals surface area contributed by atoms with E-state index in [1.807, 2.05) is 11.8 Å². The Kier molecular flexibility index (Phi) is 5.93. The Morgan fingerprint density at radius 2 is 1.94 bits per heavy atom. The van der Waals surface area contributed by atoms with Crippen LogP contribution in [0, 0.1) is 0 Å². The van der Waals surface area contributed by atoms with Crippen LogP contribution in [0.1, 0.15) is 31.7 Å². The predicted octanol–water partition coefficient (Wildman–Crippen LogP) is 3.44. The summed E-state index contributed by atoms with van der Waals surface area (Å²) < 4.78 is 0. The molecule has 0 aliphatic heterocycles. The second kappa shape index (κ2) is 6.97. The number of hydrogen-bond donors (Lipinski definition) is 1. The molecule has 16 heavy (non-hydrogen) atoms. The number of benzene rings is 1. The van der Waals surface area contributed by atoms with Crippen molar-refractivity contribution in [3.05, 3.63) is 35.9 Å². The SMILES string of the molecule is CCC(CN)(CCCSC)c1ccccc1. The Hall–Kier alpha value is -0.470. The fraction of sp³-hybridized carbons (Fsp3) is 0.571. The second-order valence-electron chi connectivity index (χ2n) is 4.30. The molecule has 0 aliphatic rings. The van der Waals surface area contributed by atoms with E-state index in [0.717, 1.165) is 13.0 Å². The van der Waals surface area contributed by atoms with E-state index < -0.39 is 0 Å². The number of thioether (sulfide) groups is 1. The minimum atomic E-state index is 0.191. The first kappa shape index (κ1) is 13.6. The summed E-state index contributed by atoms with van der Waals surface area (Å²) in [5.74, 6) is 1.23. The quantitative estimate of drug-likeness (QED) is 0.735. The third-order valence-corrected chi connectivity index (χ3v) is 4.15. The molecule has 0 saturated heterocycles. The average molecular weight is 237 g/mol. The molecule has 1 aromatic rings. The summed E-state index contributed by atoms with van der Waals surface area (Å²) in [6.07, 6.45) is 5.74. The van der Waals surface area contributed by atoms with Crippen LogP contribution in [0.15, 0.2) is 30.3 Å². The number of nitrogens with two attached hydrogens (primary N) is 1. The highest BCUT2D eigenvalue weighted by molar-refractivity contribution is 7.98. The molecule has 1 atom stereocenters. The summed E-state index contributed by atoms with van der Waals surface area (Å²) >= 11 is 1.92. The third kappa shape index (κ3) is 3.26. The van der Waals surface area contributed by atoms with Crippen LogP contribution in [0.2, 0.25) is 0 Å². The van der Waals surface area contributed by atoms with Crippen molar-refractivity contribution in [3.63, 3.8) is 0 Å². The minimum Gasteiger partial charge on any atom is -0.330 e. The van der Waals surface area contributed by atoms with Crippen LogP contribution in [0.4, 0.5) is 0 Å². The zero-order valence-electron chi connectivity index (χ0n) is 10.4. The lowest BCUT2D eigenvalue weighted by Crippen LogP contribution is -2.34. The van der Waals surface area contributed by atoms with Gasteiger partial charge in [-0.25, -0.2) is 0 Å². The van der Waals surface area contributed by atoms with Crippen LogP contribution in [-0.2, 0) is 5.41 Å². The van der Waals surface area contributed by atoms with E-state index >= 15 is 0 Å². The molecule has 0 spiro atoms. The monoisotopic (exact) mass is 237 g/mol. The zero-order valence-corrected chi connectivity index (χ0v) is 11.2. The maximum Gasteiger partial charge on any atom is 0.00732 e. The van der Waals surface area contributed by atoms with Gasteiger partial charge in [-0.15, -0.1) is 0 Å². The van der Waals surface area contributed by atoms with Gasteiger partial charge in [-0.3, -0.25) is 0 Å². The Morgan fingerprint density at radius 3 is 2.44 bits per heavy atom. The molecule has 2 heteroatoms. The van der Waals surface area contributed by atoms with Gasteiger partial charge >= 0.3 is 0 Å². The van der Waals surface area contributed by atoms with Crippen molar-refractivity contribution in [3.8, 4) is 0 Å². The van der Waals surface area contributed by atoms with E-state index in [0.29, 0.717) is 0 Å². The van der Waals surface area contributed by atoms with Crippen LogP contribution in [-0.4, -0.2) is 18.6 Å². The predicted molar refractivity (Wildman–Crippen MR) is 75.1 cm³/mol. The summed E-state index contributed by atoms with van der Waals surface area (Å²) in [5, 5.41) is 0. The maximum atomic E-state index is 6.03. The molecule has 2 N–H and O–H groups in total. The van der Waals surface area contributed by atoms with Crippen molar-refractivity contribution in [2.24, 2.45) is 5.73 Å². The van der Waals surface area contributed by atoms with E-state index in [1.165, 1.54) is 24.2 Å². The van der Waals surface area contributed by atoms with Crippen molar-refractivity contribution in [1.29, 1.82) is 0 Å². The van der Waals surface area contributed by atoms with Crippen LogP contribution in [0.5, 0.6) is 0 Å². The van der Waals surface area contributed by atoms with Crippen LogP contribution >= 0.6 is 11.8 Å². The molecular weight excluding hydrogens is 214 g/mol. The van der Waals surface area contributed by atoms with Gasteiger partial charge in [0.15, 0.2) is 0 Å². The minimum absolute atomic E-state index is 0.191. The van der Waals surface area contributed by atoms with Crippen molar-refractivity contribution >= 4 is 11.8 Å². The van der Waals surface area contributed by atoms with E-state index in [9.17, 15) is 0 Å². The van der Waals surface area contributed by atoms with E-state index in [4.69, 9.17) is 5.73 Å². The van der Waals surface area contributed by atoms with Crippen molar-refractivity contribution in [1.82, 2.24) is 0 Å². The van der Waals surface area contributed by atoms with Gasteiger partial charge in [0, 0.05) is 12.0 Å². The van der Waals surface area contributed by atoms with Gasteiger partial charge in [-0.05, 0) is 36.8 Å². The summed E-state index contributed by atoms with van der Waals surface area (Å²) in [6, 6.07) is 10.7. The molecule has 0 aromatic heterocycles. The molecule has 1 aromatic carbocycles. The topological polar surface area (TPSA) is 26.0 Å². The molecule has 0 fully saturated rings. The summed E-state index contributed by atoms with van der Waals surface area (Å²) in [4.78, 5) is 0. The highest BCUT2D eigenvalue weighted by atomic mass is 32.2. The smallest absolute Gasteiger partial charge is 0.00732 e. The van der Waals surface area contributed by atoms with Gasteiger partial charge in [-0.2, -0.15) is 11.8 Å². The van der Waals surface area contributed by atoms with Crippen LogP contribution in [0.3, 0.4) is 0 Å². The molecule has 1 rings (SSSR count). The Morgan fingerprint density at radius 1 is 1.25 bits per heavy atom. The second-order valence-corrected chi connectivity index (χ2v) is 5.29. The Balaban J connectivity index is 2.79. The maximum absolute atomic E-state index is 6.03. The molecule has 0 heterocycles. The van der Waals surface area contributed by atoms with Crippen LogP contribution < -0.4 is 5.73 Å². The third-order valence-electron chi connectivity index (χ3n) is 3.46. The van der Waals surface area contributed by atoms with Gasteiger partial charge in [0.2, 0.25) is 0 Å².